The molecule has 2 N–H and O–H groups in total. The Labute approximate surface area is 136 Å². The Morgan fingerprint density at radius 2 is 1.65 bits per heavy atom. The number of Topliss-reactive ketones (excluding diaryl/α,β-unsaturated/α-hetero) is 1. The largest absolute Gasteiger partial charge is 0.460 e. The average Bonchev–Trinajstić information content (AvgIpc) is 2.85. The SMILES string of the molecule is NC1=C(OS(=O)Cc2ccccc2)C(=O)C(c2ccccc2)O1. The van der Waals surface area contributed by atoms with Crippen LogP contribution in [0.1, 0.15) is 17.2 Å². The van der Waals surface area contributed by atoms with Gasteiger partial charge in [0.25, 0.3) is 0 Å². The van der Waals surface area contributed by atoms with Crippen LogP contribution >= 0.6 is 0 Å². The Morgan fingerprint density at radius 3 is 2.30 bits per heavy atom. The first-order valence-corrected chi connectivity index (χ1v) is 8.26. The molecule has 2 unspecified atom stereocenters. The predicted molar refractivity (Wildman–Crippen MR) is 85.9 cm³/mol. The Kier molecular flexibility index (Phi) is 4.43. The smallest absolute Gasteiger partial charge is 0.249 e. The number of hydrogen-bond acceptors (Lipinski definition) is 5. The third-order valence-corrected chi connectivity index (χ3v) is 4.26. The van der Waals surface area contributed by atoms with Crippen molar-refractivity contribution in [1.29, 1.82) is 0 Å². The Balaban J connectivity index is 1.69. The maximum Gasteiger partial charge on any atom is 0.249 e. The van der Waals surface area contributed by atoms with Gasteiger partial charge in [0.1, 0.15) is 0 Å². The molecule has 3 rings (SSSR count). The number of ether oxygens (including phenoxy) is 1. The van der Waals surface area contributed by atoms with E-state index < -0.39 is 23.0 Å². The van der Waals surface area contributed by atoms with Crippen molar-refractivity contribution >= 4 is 16.9 Å². The number of rotatable bonds is 5. The zero-order valence-corrected chi connectivity index (χ0v) is 13.0. The summed E-state index contributed by atoms with van der Waals surface area (Å²) in [6.45, 7) is 0. The van der Waals surface area contributed by atoms with Crippen molar-refractivity contribution in [3.8, 4) is 0 Å². The number of benzene rings is 2. The van der Waals surface area contributed by atoms with Crippen LogP contribution in [-0.2, 0) is 30.5 Å². The van der Waals surface area contributed by atoms with Crippen molar-refractivity contribution in [2.75, 3.05) is 0 Å². The van der Waals surface area contributed by atoms with Crippen LogP contribution in [-0.4, -0.2) is 9.99 Å². The lowest BCUT2D eigenvalue weighted by atomic mass is 10.1. The number of ketones is 1. The topological polar surface area (TPSA) is 78.6 Å². The van der Waals surface area contributed by atoms with Crippen LogP contribution in [0.3, 0.4) is 0 Å². The second-order valence-electron chi connectivity index (χ2n) is 4.98. The molecule has 5 nitrogen and oxygen atoms in total. The van der Waals surface area contributed by atoms with Gasteiger partial charge in [-0.05, 0) is 5.56 Å². The normalized spacial score (nSPS) is 18.6. The van der Waals surface area contributed by atoms with Crippen LogP contribution in [0.5, 0.6) is 0 Å². The van der Waals surface area contributed by atoms with Crippen molar-refractivity contribution in [3.05, 3.63) is 83.4 Å². The van der Waals surface area contributed by atoms with E-state index in [9.17, 15) is 9.00 Å². The summed E-state index contributed by atoms with van der Waals surface area (Å²) in [6.07, 6.45) is -0.847. The van der Waals surface area contributed by atoms with E-state index in [0.29, 0.717) is 5.56 Å². The molecule has 2 aromatic carbocycles. The van der Waals surface area contributed by atoms with E-state index in [4.69, 9.17) is 14.7 Å². The zero-order chi connectivity index (χ0) is 16.2. The van der Waals surface area contributed by atoms with Crippen molar-refractivity contribution in [3.63, 3.8) is 0 Å². The highest BCUT2D eigenvalue weighted by molar-refractivity contribution is 7.79. The third kappa shape index (κ3) is 3.43. The molecule has 0 aliphatic carbocycles. The second-order valence-corrected chi connectivity index (χ2v) is 6.05. The lowest BCUT2D eigenvalue weighted by Crippen LogP contribution is -2.13. The van der Waals surface area contributed by atoms with Crippen LogP contribution in [0.2, 0.25) is 0 Å². The zero-order valence-electron chi connectivity index (χ0n) is 12.2. The van der Waals surface area contributed by atoms with Gasteiger partial charge in [0, 0.05) is 5.56 Å². The minimum atomic E-state index is -1.71. The van der Waals surface area contributed by atoms with Gasteiger partial charge in [0.15, 0.2) is 6.10 Å². The van der Waals surface area contributed by atoms with E-state index in [0.717, 1.165) is 5.56 Å². The molecule has 2 atom stereocenters. The van der Waals surface area contributed by atoms with E-state index >= 15 is 0 Å². The molecule has 0 radical (unpaired) electrons. The molecule has 1 aliphatic heterocycles. The quantitative estimate of drug-likeness (QED) is 0.911. The lowest BCUT2D eigenvalue weighted by molar-refractivity contribution is -0.123. The monoisotopic (exact) mass is 329 g/mol. The molecule has 0 bridgehead atoms. The first-order valence-electron chi connectivity index (χ1n) is 7.01. The maximum atomic E-state index is 12.4. The molecule has 118 valence electrons. The highest BCUT2D eigenvalue weighted by atomic mass is 32.2. The summed E-state index contributed by atoms with van der Waals surface area (Å²) >= 11 is -1.71. The van der Waals surface area contributed by atoms with Crippen LogP contribution in [0.15, 0.2) is 72.3 Å². The molecule has 6 heteroatoms. The van der Waals surface area contributed by atoms with Crippen LogP contribution in [0.25, 0.3) is 0 Å². The summed E-state index contributed by atoms with van der Waals surface area (Å²) in [5.41, 5.74) is 7.23. The summed E-state index contributed by atoms with van der Waals surface area (Å²) < 4.78 is 22.7. The first kappa shape index (κ1) is 15.3. The van der Waals surface area contributed by atoms with Gasteiger partial charge in [-0.2, -0.15) is 0 Å². The molecular weight excluding hydrogens is 314 g/mol. The van der Waals surface area contributed by atoms with Crippen molar-refractivity contribution in [1.82, 2.24) is 0 Å². The fraction of sp³-hybridized carbons (Fsp3) is 0.118. The Bertz CT molecular complexity index is 759. The molecule has 1 heterocycles. The molecular formula is C17H15NO4S. The highest BCUT2D eigenvalue weighted by Crippen LogP contribution is 2.31. The van der Waals surface area contributed by atoms with Gasteiger partial charge in [-0.25, -0.2) is 4.21 Å². The van der Waals surface area contributed by atoms with Crippen molar-refractivity contribution < 1.29 is 17.9 Å². The van der Waals surface area contributed by atoms with Gasteiger partial charge in [0.2, 0.25) is 28.5 Å². The second kappa shape index (κ2) is 6.66. The molecule has 0 spiro atoms. The number of nitrogens with two attached hydrogens (primary N) is 1. The standard InChI is InChI=1S/C17H15NO4S/c18-17-16(22-23(20)11-12-7-3-1-4-8-12)14(19)15(21-17)13-9-5-2-6-10-13/h1-10,15H,11,18H2. The van der Waals surface area contributed by atoms with Gasteiger partial charge in [-0.15, -0.1) is 0 Å². The molecule has 0 saturated heterocycles. The summed E-state index contributed by atoms with van der Waals surface area (Å²) in [5.74, 6) is -0.561. The number of hydrogen-bond donors (Lipinski definition) is 1. The summed E-state index contributed by atoms with van der Waals surface area (Å²) in [5, 5.41) is 0. The van der Waals surface area contributed by atoms with Gasteiger partial charge >= 0.3 is 0 Å². The van der Waals surface area contributed by atoms with Gasteiger partial charge in [-0.3, -0.25) is 4.79 Å². The predicted octanol–water partition coefficient (Wildman–Crippen LogP) is 2.34. The Morgan fingerprint density at radius 1 is 1.04 bits per heavy atom. The molecule has 1 aliphatic rings. The van der Waals surface area contributed by atoms with E-state index in [1.165, 1.54) is 0 Å². The van der Waals surface area contributed by atoms with E-state index in [2.05, 4.69) is 0 Å². The van der Waals surface area contributed by atoms with Crippen molar-refractivity contribution in [2.24, 2.45) is 5.73 Å². The summed E-state index contributed by atoms with van der Waals surface area (Å²) in [4.78, 5) is 12.4. The first-order chi connectivity index (χ1) is 11.1. The average molecular weight is 329 g/mol. The van der Waals surface area contributed by atoms with Gasteiger partial charge in [0.05, 0.1) is 5.75 Å². The Hall–Kier alpha value is -2.60. The van der Waals surface area contributed by atoms with Crippen molar-refractivity contribution in [2.45, 2.75) is 11.9 Å². The van der Waals surface area contributed by atoms with E-state index in [-0.39, 0.29) is 17.4 Å². The third-order valence-electron chi connectivity index (χ3n) is 3.34. The molecule has 23 heavy (non-hydrogen) atoms. The number of carbonyl (C=O) groups excluding carboxylic acids is 1. The highest BCUT2D eigenvalue weighted by Gasteiger charge is 2.38. The minimum absolute atomic E-state index is 0.134. The molecule has 0 fully saturated rings. The van der Waals surface area contributed by atoms with E-state index in [1.807, 2.05) is 36.4 Å². The van der Waals surface area contributed by atoms with Crippen LogP contribution < -0.4 is 5.73 Å². The summed E-state index contributed by atoms with van der Waals surface area (Å²) in [6, 6.07) is 18.2. The molecule has 0 amide bonds. The number of carbonyl (C=O) groups is 1. The maximum absolute atomic E-state index is 12.4. The lowest BCUT2D eigenvalue weighted by Gasteiger charge is -2.09. The fourth-order valence-electron chi connectivity index (χ4n) is 2.24. The van der Waals surface area contributed by atoms with Crippen LogP contribution in [0.4, 0.5) is 0 Å². The van der Waals surface area contributed by atoms with Gasteiger partial charge < -0.3 is 14.7 Å². The van der Waals surface area contributed by atoms with Crippen LogP contribution in [0, 0.1) is 0 Å². The molecule has 2 aromatic rings. The van der Waals surface area contributed by atoms with E-state index in [1.54, 1.807) is 24.3 Å². The molecule has 0 saturated carbocycles. The van der Waals surface area contributed by atoms with Gasteiger partial charge in [-0.1, -0.05) is 60.7 Å². The molecule has 0 aromatic heterocycles. The fourth-order valence-corrected chi connectivity index (χ4v) is 3.11. The minimum Gasteiger partial charge on any atom is -0.460 e. The summed E-state index contributed by atoms with van der Waals surface area (Å²) in [7, 11) is 0.